The predicted octanol–water partition coefficient (Wildman–Crippen LogP) is 3.72. The maximum Gasteiger partial charge on any atom is 0.410 e. The minimum atomic E-state index is -0.425. The number of rotatable bonds is 5. The molecule has 1 heterocycles. The van der Waals surface area contributed by atoms with Gasteiger partial charge in [0.25, 0.3) is 0 Å². The topological polar surface area (TPSA) is 50.8 Å². The van der Waals surface area contributed by atoms with Crippen LogP contribution in [0.25, 0.3) is 0 Å². The van der Waals surface area contributed by atoms with E-state index in [1.807, 2.05) is 44.2 Å². The Balaban J connectivity index is 1.60. The summed E-state index contributed by atoms with van der Waals surface area (Å²) in [5, 5.41) is 3.26. The standard InChI is InChI=1S/C21H25FN2O3/c1-15-11-23-12-16(2)24(15)21(25)27-14-18-10-19(8-9-20(18)22)26-13-17-6-4-3-5-7-17/h3-10,15-16,23H,11-14H2,1-2H3/t15-,16+. The number of nitrogens with one attached hydrogen (secondary N) is 1. The van der Waals surface area contributed by atoms with Crippen LogP contribution in [0.5, 0.6) is 5.75 Å². The molecule has 1 amide bonds. The summed E-state index contributed by atoms with van der Waals surface area (Å²) in [5.41, 5.74) is 1.32. The minimum absolute atomic E-state index is 0.0339. The number of carbonyl (C=O) groups excluding carboxylic acids is 1. The highest BCUT2D eigenvalue weighted by atomic mass is 19.1. The van der Waals surface area contributed by atoms with Crippen LogP contribution in [0.1, 0.15) is 25.0 Å². The first kappa shape index (κ1) is 19.2. The fourth-order valence-corrected chi connectivity index (χ4v) is 3.20. The van der Waals surface area contributed by atoms with Crippen molar-refractivity contribution in [2.75, 3.05) is 13.1 Å². The highest BCUT2D eigenvalue weighted by Gasteiger charge is 2.30. The smallest absolute Gasteiger partial charge is 0.410 e. The molecule has 1 fully saturated rings. The third-order valence-electron chi connectivity index (χ3n) is 4.66. The molecule has 0 unspecified atom stereocenters. The first-order valence-electron chi connectivity index (χ1n) is 9.15. The molecule has 0 bridgehead atoms. The number of hydrogen-bond donors (Lipinski definition) is 1. The van der Waals surface area contributed by atoms with Gasteiger partial charge in [0.2, 0.25) is 0 Å². The number of ether oxygens (including phenoxy) is 2. The van der Waals surface area contributed by atoms with Crippen molar-refractivity contribution in [2.24, 2.45) is 0 Å². The molecule has 6 heteroatoms. The van der Waals surface area contributed by atoms with Crippen molar-refractivity contribution in [1.82, 2.24) is 10.2 Å². The maximum absolute atomic E-state index is 14.1. The molecule has 144 valence electrons. The zero-order valence-corrected chi connectivity index (χ0v) is 15.7. The number of carbonyl (C=O) groups is 1. The molecule has 1 aliphatic rings. The van der Waals surface area contributed by atoms with E-state index in [1.54, 1.807) is 17.0 Å². The quantitative estimate of drug-likeness (QED) is 0.869. The van der Waals surface area contributed by atoms with Crippen molar-refractivity contribution in [2.45, 2.75) is 39.1 Å². The van der Waals surface area contributed by atoms with Gasteiger partial charge in [-0.05, 0) is 37.6 Å². The first-order valence-corrected chi connectivity index (χ1v) is 9.15. The molecule has 5 nitrogen and oxygen atoms in total. The summed E-state index contributed by atoms with van der Waals surface area (Å²) >= 11 is 0. The average molecular weight is 372 g/mol. The molecule has 0 aromatic heterocycles. The highest BCUT2D eigenvalue weighted by Crippen LogP contribution is 2.20. The van der Waals surface area contributed by atoms with Gasteiger partial charge in [-0.25, -0.2) is 9.18 Å². The lowest BCUT2D eigenvalue weighted by atomic mass is 10.1. The number of hydrogen-bond acceptors (Lipinski definition) is 4. The predicted molar refractivity (Wildman–Crippen MR) is 101 cm³/mol. The molecule has 27 heavy (non-hydrogen) atoms. The van der Waals surface area contributed by atoms with Gasteiger partial charge in [0.15, 0.2) is 0 Å². The lowest BCUT2D eigenvalue weighted by molar-refractivity contribution is 0.0557. The largest absolute Gasteiger partial charge is 0.489 e. The Hall–Kier alpha value is -2.60. The Bertz CT molecular complexity index is 759. The van der Waals surface area contributed by atoms with E-state index in [-0.39, 0.29) is 18.7 Å². The van der Waals surface area contributed by atoms with Crippen LogP contribution in [0.15, 0.2) is 48.5 Å². The van der Waals surface area contributed by atoms with Gasteiger partial charge >= 0.3 is 6.09 Å². The van der Waals surface area contributed by atoms with Crippen LogP contribution < -0.4 is 10.1 Å². The van der Waals surface area contributed by atoms with E-state index in [1.165, 1.54) is 6.07 Å². The third kappa shape index (κ3) is 4.98. The highest BCUT2D eigenvalue weighted by molar-refractivity contribution is 5.68. The SMILES string of the molecule is C[C@@H]1CNC[C@H](C)N1C(=O)OCc1cc(OCc2ccccc2)ccc1F. The number of piperazine rings is 1. The summed E-state index contributed by atoms with van der Waals surface area (Å²) in [7, 11) is 0. The van der Waals surface area contributed by atoms with Crippen LogP contribution in [0.4, 0.5) is 9.18 Å². The molecule has 2 aromatic carbocycles. The van der Waals surface area contributed by atoms with Gasteiger partial charge < -0.3 is 19.7 Å². The van der Waals surface area contributed by atoms with Crippen LogP contribution in [0.2, 0.25) is 0 Å². The molecule has 1 aliphatic heterocycles. The molecular weight excluding hydrogens is 347 g/mol. The molecule has 3 rings (SSSR count). The van der Waals surface area contributed by atoms with Crippen molar-refractivity contribution in [3.8, 4) is 5.75 Å². The van der Waals surface area contributed by atoms with Crippen molar-refractivity contribution in [1.29, 1.82) is 0 Å². The fraction of sp³-hybridized carbons (Fsp3) is 0.381. The van der Waals surface area contributed by atoms with Crippen LogP contribution in [-0.2, 0) is 18.0 Å². The Kier molecular flexibility index (Phi) is 6.29. The van der Waals surface area contributed by atoms with Gasteiger partial charge in [-0.1, -0.05) is 30.3 Å². The second kappa shape index (κ2) is 8.86. The summed E-state index contributed by atoms with van der Waals surface area (Å²) in [5.74, 6) is 0.117. The van der Waals surface area contributed by atoms with E-state index in [0.29, 0.717) is 17.9 Å². The molecule has 0 spiro atoms. The second-order valence-corrected chi connectivity index (χ2v) is 6.85. The van der Waals surface area contributed by atoms with Crippen molar-refractivity contribution in [3.63, 3.8) is 0 Å². The van der Waals surface area contributed by atoms with Crippen LogP contribution in [-0.4, -0.2) is 36.2 Å². The van der Waals surface area contributed by atoms with Gasteiger partial charge in [-0.3, -0.25) is 0 Å². The summed E-state index contributed by atoms with van der Waals surface area (Å²) < 4.78 is 25.2. The van der Waals surface area contributed by atoms with Crippen LogP contribution in [0, 0.1) is 5.82 Å². The van der Waals surface area contributed by atoms with Gasteiger partial charge in [0.1, 0.15) is 24.8 Å². The first-order chi connectivity index (χ1) is 13.0. The number of amides is 1. The number of benzene rings is 2. The average Bonchev–Trinajstić information content (AvgIpc) is 2.67. The van der Waals surface area contributed by atoms with Gasteiger partial charge in [0, 0.05) is 30.7 Å². The summed E-state index contributed by atoms with van der Waals surface area (Å²) in [6.07, 6.45) is -0.425. The monoisotopic (exact) mass is 372 g/mol. The van der Waals surface area contributed by atoms with Crippen molar-refractivity contribution >= 4 is 6.09 Å². The molecule has 2 atom stereocenters. The van der Waals surface area contributed by atoms with Gasteiger partial charge in [-0.15, -0.1) is 0 Å². The molecular formula is C21H25FN2O3. The van der Waals surface area contributed by atoms with E-state index in [9.17, 15) is 9.18 Å². The molecule has 1 saturated heterocycles. The Labute approximate surface area is 159 Å². The Morgan fingerprint density at radius 1 is 1.11 bits per heavy atom. The second-order valence-electron chi connectivity index (χ2n) is 6.85. The lowest BCUT2D eigenvalue weighted by Gasteiger charge is -2.38. The summed E-state index contributed by atoms with van der Waals surface area (Å²) in [6.45, 7) is 5.62. The zero-order chi connectivity index (χ0) is 19.2. The lowest BCUT2D eigenvalue weighted by Crippen LogP contribution is -2.57. The maximum atomic E-state index is 14.1. The summed E-state index contributed by atoms with van der Waals surface area (Å²) in [4.78, 5) is 14.1. The normalized spacial score (nSPS) is 19.6. The molecule has 0 aliphatic carbocycles. The van der Waals surface area contributed by atoms with Crippen LogP contribution >= 0.6 is 0 Å². The summed E-state index contributed by atoms with van der Waals surface area (Å²) in [6, 6.07) is 14.3. The fourth-order valence-electron chi connectivity index (χ4n) is 3.20. The van der Waals surface area contributed by atoms with Crippen LogP contribution in [0.3, 0.4) is 0 Å². The van der Waals surface area contributed by atoms with Crippen molar-refractivity contribution in [3.05, 3.63) is 65.5 Å². The molecule has 0 radical (unpaired) electrons. The van der Waals surface area contributed by atoms with E-state index < -0.39 is 11.9 Å². The Morgan fingerprint density at radius 2 is 1.81 bits per heavy atom. The number of nitrogens with zero attached hydrogens (tertiary/aromatic N) is 1. The Morgan fingerprint density at radius 3 is 2.52 bits per heavy atom. The molecule has 1 N–H and O–H groups in total. The van der Waals surface area contributed by atoms with Gasteiger partial charge in [0.05, 0.1) is 0 Å². The molecule has 0 saturated carbocycles. The number of halogens is 1. The molecule has 2 aromatic rings. The van der Waals surface area contributed by atoms with Crippen molar-refractivity contribution < 1.29 is 18.7 Å². The third-order valence-corrected chi connectivity index (χ3v) is 4.66. The minimum Gasteiger partial charge on any atom is -0.489 e. The van der Waals surface area contributed by atoms with E-state index in [0.717, 1.165) is 18.7 Å². The zero-order valence-electron chi connectivity index (χ0n) is 15.7. The van der Waals surface area contributed by atoms with E-state index in [2.05, 4.69) is 5.32 Å². The van der Waals surface area contributed by atoms with E-state index in [4.69, 9.17) is 9.47 Å². The van der Waals surface area contributed by atoms with Gasteiger partial charge in [-0.2, -0.15) is 0 Å². The van der Waals surface area contributed by atoms with E-state index >= 15 is 0 Å².